The van der Waals surface area contributed by atoms with Gasteiger partial charge >= 0.3 is 5.97 Å². The Kier molecular flexibility index (Phi) is 8.37. The zero-order chi connectivity index (χ0) is 23.8. The van der Waals surface area contributed by atoms with Gasteiger partial charge in [0.05, 0.1) is 19.7 Å². The van der Waals surface area contributed by atoms with Gasteiger partial charge in [-0.2, -0.15) is 0 Å². The van der Waals surface area contributed by atoms with Gasteiger partial charge in [-0.15, -0.1) is 0 Å². The van der Waals surface area contributed by atoms with E-state index in [-0.39, 0.29) is 30.7 Å². The second-order valence-electron chi connectivity index (χ2n) is 7.39. The van der Waals surface area contributed by atoms with Crippen LogP contribution in [0.15, 0.2) is 53.2 Å². The first-order valence-electron chi connectivity index (χ1n) is 10.5. The van der Waals surface area contributed by atoms with Gasteiger partial charge in [0.2, 0.25) is 11.0 Å². The van der Waals surface area contributed by atoms with Crippen molar-refractivity contribution in [1.29, 1.82) is 0 Å². The van der Waals surface area contributed by atoms with Gasteiger partial charge in [0.1, 0.15) is 11.6 Å². The van der Waals surface area contributed by atoms with E-state index < -0.39 is 5.97 Å². The van der Waals surface area contributed by atoms with E-state index in [1.54, 1.807) is 31.0 Å². The summed E-state index contributed by atoms with van der Waals surface area (Å²) in [6.07, 6.45) is 5.25. The summed E-state index contributed by atoms with van der Waals surface area (Å²) in [5, 5.41) is 2.87. The quantitative estimate of drug-likeness (QED) is 0.487. The maximum Gasteiger partial charge on any atom is 0.302 e. The first-order chi connectivity index (χ1) is 15.8. The number of anilines is 1. The van der Waals surface area contributed by atoms with Crippen molar-refractivity contribution in [3.05, 3.63) is 70.2 Å². The van der Waals surface area contributed by atoms with Crippen LogP contribution in [-0.2, 0) is 25.7 Å². The van der Waals surface area contributed by atoms with Gasteiger partial charge in [0.25, 0.3) is 0 Å². The molecule has 172 valence electrons. The Hall–Kier alpha value is -3.46. The molecule has 1 N–H and O–H groups in total. The van der Waals surface area contributed by atoms with Crippen LogP contribution in [0.2, 0.25) is 0 Å². The molecular formula is C24H26N4O4S. The molecule has 0 radical (unpaired) electrons. The van der Waals surface area contributed by atoms with Crippen molar-refractivity contribution in [2.45, 2.75) is 33.7 Å². The standard InChI is InChI=1S/C24H26N4O4S/c1-16(28-15-20-13-25-17(2)27-24(20)26-14-22(28)30)21(11-12-32-18(3)29)33-23(31)10-9-19-7-5-4-6-8-19/h4-10,13H,11-12,14-15H2,1-3H3,(H,25,26,27)/b10-9+,21-16-. The van der Waals surface area contributed by atoms with Crippen LogP contribution in [0.5, 0.6) is 0 Å². The van der Waals surface area contributed by atoms with Crippen LogP contribution in [0.3, 0.4) is 0 Å². The molecule has 0 spiro atoms. The number of allylic oxidation sites excluding steroid dienone is 1. The minimum absolute atomic E-state index is 0.0740. The Morgan fingerprint density at radius 3 is 2.73 bits per heavy atom. The molecule has 1 aromatic heterocycles. The van der Waals surface area contributed by atoms with Crippen LogP contribution < -0.4 is 5.32 Å². The lowest BCUT2D eigenvalue weighted by molar-refractivity contribution is -0.140. The lowest BCUT2D eigenvalue weighted by Crippen LogP contribution is -2.32. The Bertz CT molecular complexity index is 1100. The molecule has 1 aliphatic heterocycles. The summed E-state index contributed by atoms with van der Waals surface area (Å²) in [5.74, 6) is 0.690. The third-order valence-corrected chi connectivity index (χ3v) is 5.98. The Labute approximate surface area is 197 Å². The molecule has 1 aliphatic rings. The molecule has 0 bridgehead atoms. The molecule has 0 fully saturated rings. The van der Waals surface area contributed by atoms with E-state index in [2.05, 4.69) is 15.3 Å². The van der Waals surface area contributed by atoms with Gasteiger partial charge in [-0.25, -0.2) is 9.97 Å². The highest BCUT2D eigenvalue weighted by Crippen LogP contribution is 2.30. The summed E-state index contributed by atoms with van der Waals surface area (Å²) in [5.41, 5.74) is 2.33. The molecule has 33 heavy (non-hydrogen) atoms. The van der Waals surface area contributed by atoms with E-state index in [4.69, 9.17) is 4.74 Å². The van der Waals surface area contributed by atoms with Crippen molar-refractivity contribution in [3.8, 4) is 0 Å². The molecule has 0 saturated heterocycles. The fourth-order valence-corrected chi connectivity index (χ4v) is 4.03. The summed E-state index contributed by atoms with van der Waals surface area (Å²) in [6, 6.07) is 9.51. The third kappa shape index (κ3) is 7.01. The summed E-state index contributed by atoms with van der Waals surface area (Å²) in [7, 11) is 0. The number of amides is 1. The van der Waals surface area contributed by atoms with Crippen LogP contribution in [0, 0.1) is 6.92 Å². The first kappa shape index (κ1) is 24.2. The van der Waals surface area contributed by atoms with Crippen molar-refractivity contribution < 1.29 is 19.1 Å². The van der Waals surface area contributed by atoms with Crippen molar-refractivity contribution in [2.75, 3.05) is 18.5 Å². The minimum Gasteiger partial charge on any atom is -0.466 e. The lowest BCUT2D eigenvalue weighted by Gasteiger charge is -2.24. The van der Waals surface area contributed by atoms with Crippen LogP contribution in [-0.4, -0.2) is 45.0 Å². The number of nitrogens with zero attached hydrogens (tertiary/aromatic N) is 3. The maximum absolute atomic E-state index is 12.9. The zero-order valence-corrected chi connectivity index (χ0v) is 19.6. The summed E-state index contributed by atoms with van der Waals surface area (Å²) in [6.45, 7) is 5.38. The molecule has 0 atom stereocenters. The fraction of sp³-hybridized carbons (Fsp3) is 0.292. The third-order valence-electron chi connectivity index (χ3n) is 4.90. The topological polar surface area (TPSA) is 101 Å². The zero-order valence-electron chi connectivity index (χ0n) is 18.8. The minimum atomic E-state index is -0.399. The highest BCUT2D eigenvalue weighted by atomic mass is 32.2. The van der Waals surface area contributed by atoms with Gasteiger partial charge in [-0.05, 0) is 37.2 Å². The molecule has 9 heteroatoms. The number of benzene rings is 1. The maximum atomic E-state index is 12.9. The normalized spacial score (nSPS) is 14.3. The monoisotopic (exact) mass is 466 g/mol. The van der Waals surface area contributed by atoms with E-state index in [0.717, 1.165) is 22.9 Å². The van der Waals surface area contributed by atoms with E-state index in [9.17, 15) is 14.4 Å². The smallest absolute Gasteiger partial charge is 0.302 e. The number of aryl methyl sites for hydroxylation is 1. The second kappa shape index (κ2) is 11.4. The molecule has 1 aromatic carbocycles. The predicted molar refractivity (Wildman–Crippen MR) is 128 cm³/mol. The van der Waals surface area contributed by atoms with Crippen LogP contribution in [0.4, 0.5) is 5.82 Å². The largest absolute Gasteiger partial charge is 0.466 e. The average molecular weight is 467 g/mol. The van der Waals surface area contributed by atoms with Gasteiger partial charge < -0.3 is 15.0 Å². The van der Waals surface area contributed by atoms with E-state index in [1.165, 1.54) is 13.0 Å². The molecule has 3 rings (SSSR count). The second-order valence-corrected chi connectivity index (χ2v) is 8.49. The lowest BCUT2D eigenvalue weighted by atomic mass is 10.2. The predicted octanol–water partition coefficient (Wildman–Crippen LogP) is 3.70. The van der Waals surface area contributed by atoms with E-state index >= 15 is 0 Å². The SMILES string of the molecule is CC(=O)OCC/C(SC(=O)/C=C/c1ccccc1)=C(\C)N1Cc2cnc(C)nc2NCC1=O. The molecule has 0 aliphatic carbocycles. The van der Waals surface area contributed by atoms with Gasteiger partial charge in [-0.3, -0.25) is 14.4 Å². The number of rotatable bonds is 7. The number of carbonyl (C=O) groups is 3. The van der Waals surface area contributed by atoms with Crippen molar-refractivity contribution in [1.82, 2.24) is 14.9 Å². The number of hydrogen-bond acceptors (Lipinski definition) is 8. The summed E-state index contributed by atoms with van der Waals surface area (Å²) in [4.78, 5) is 47.7. The number of thioether (sulfide) groups is 1. The molecule has 2 aromatic rings. The van der Waals surface area contributed by atoms with Crippen LogP contribution in [0.25, 0.3) is 6.08 Å². The molecule has 8 nitrogen and oxygen atoms in total. The first-order valence-corrected chi connectivity index (χ1v) is 11.3. The van der Waals surface area contributed by atoms with Crippen LogP contribution >= 0.6 is 11.8 Å². The molecule has 1 amide bonds. The van der Waals surface area contributed by atoms with Gasteiger partial charge in [-0.1, -0.05) is 36.4 Å². The highest BCUT2D eigenvalue weighted by molar-refractivity contribution is 8.17. The van der Waals surface area contributed by atoms with Crippen molar-refractivity contribution in [2.24, 2.45) is 0 Å². The fourth-order valence-electron chi connectivity index (χ4n) is 3.21. The molecule has 0 unspecified atom stereocenters. The average Bonchev–Trinajstić information content (AvgIpc) is 2.95. The van der Waals surface area contributed by atoms with Crippen molar-refractivity contribution in [3.63, 3.8) is 0 Å². The number of nitrogens with one attached hydrogen (secondary N) is 1. The Morgan fingerprint density at radius 1 is 1.24 bits per heavy atom. The van der Waals surface area contributed by atoms with E-state index in [1.807, 2.05) is 30.3 Å². The molecule has 2 heterocycles. The number of fused-ring (bicyclic) bond motifs is 1. The summed E-state index contributed by atoms with van der Waals surface area (Å²) >= 11 is 1.03. The number of esters is 1. The highest BCUT2D eigenvalue weighted by Gasteiger charge is 2.25. The van der Waals surface area contributed by atoms with Gasteiger partial charge in [0.15, 0.2) is 0 Å². The van der Waals surface area contributed by atoms with Crippen molar-refractivity contribution >= 4 is 40.6 Å². The number of ether oxygens (including phenoxy) is 1. The number of aromatic nitrogens is 2. The Morgan fingerprint density at radius 2 is 2.00 bits per heavy atom. The van der Waals surface area contributed by atoms with Gasteiger partial charge in [0, 0.05) is 35.7 Å². The van der Waals surface area contributed by atoms with E-state index in [0.29, 0.717) is 28.7 Å². The molecule has 0 saturated carbocycles. The summed E-state index contributed by atoms with van der Waals surface area (Å²) < 4.78 is 5.09. The Balaban J connectivity index is 1.84. The number of carbonyl (C=O) groups excluding carboxylic acids is 3. The number of hydrogen-bond donors (Lipinski definition) is 1. The molecular weight excluding hydrogens is 440 g/mol. The van der Waals surface area contributed by atoms with Crippen LogP contribution in [0.1, 0.15) is 37.2 Å².